The van der Waals surface area contributed by atoms with E-state index in [9.17, 15) is 9.18 Å². The summed E-state index contributed by atoms with van der Waals surface area (Å²) in [7, 11) is 0. The number of esters is 1. The van der Waals surface area contributed by atoms with Gasteiger partial charge in [-0.15, -0.1) is 0 Å². The number of carbonyl (C=O) groups is 1. The molecule has 2 nitrogen and oxygen atoms in total. The summed E-state index contributed by atoms with van der Waals surface area (Å²) in [6, 6.07) is 31.7. The van der Waals surface area contributed by atoms with Crippen LogP contribution in [0.15, 0.2) is 103 Å². The fourth-order valence-electron chi connectivity index (χ4n) is 3.61. The van der Waals surface area contributed by atoms with Gasteiger partial charge in [-0.2, -0.15) is 0 Å². The standard InChI is InChI=1S/C30H25FO2/c1-22(26-5-3-2-4-6-26)21-25-11-9-23(10-12-25)7-8-24-13-19-29(20-14-24)33-30(32)27-15-17-28(31)18-16-27/h2-20,22H,21H2,1H3/t22-/m1/s1. The highest BCUT2D eigenvalue weighted by molar-refractivity contribution is 5.91. The second-order valence-electron chi connectivity index (χ2n) is 8.06. The first-order valence-electron chi connectivity index (χ1n) is 11.0. The maximum Gasteiger partial charge on any atom is 0.343 e. The van der Waals surface area contributed by atoms with Crippen molar-refractivity contribution in [1.29, 1.82) is 0 Å². The summed E-state index contributed by atoms with van der Waals surface area (Å²) >= 11 is 0. The number of rotatable bonds is 7. The third kappa shape index (κ3) is 6.27. The lowest BCUT2D eigenvalue weighted by Crippen LogP contribution is -2.08. The van der Waals surface area contributed by atoms with E-state index in [-0.39, 0.29) is 5.82 Å². The van der Waals surface area contributed by atoms with E-state index in [1.54, 1.807) is 12.1 Å². The van der Waals surface area contributed by atoms with E-state index in [0.29, 0.717) is 17.2 Å². The average Bonchev–Trinajstić information content (AvgIpc) is 2.85. The molecule has 4 rings (SSSR count). The van der Waals surface area contributed by atoms with Gasteiger partial charge in [0.05, 0.1) is 5.56 Å². The van der Waals surface area contributed by atoms with E-state index in [4.69, 9.17) is 4.74 Å². The molecule has 0 radical (unpaired) electrons. The summed E-state index contributed by atoms with van der Waals surface area (Å²) in [5.74, 6) is 0.0145. The molecule has 4 aromatic carbocycles. The Kier molecular flexibility index (Phi) is 7.11. The third-order valence-electron chi connectivity index (χ3n) is 5.53. The number of carbonyl (C=O) groups excluding carboxylic acids is 1. The molecule has 0 aliphatic rings. The van der Waals surface area contributed by atoms with Gasteiger partial charge in [-0.25, -0.2) is 9.18 Å². The van der Waals surface area contributed by atoms with Gasteiger partial charge in [-0.05, 0) is 71.0 Å². The van der Waals surface area contributed by atoms with Crippen LogP contribution >= 0.6 is 0 Å². The summed E-state index contributed by atoms with van der Waals surface area (Å²) in [5.41, 5.74) is 5.10. The molecule has 4 aromatic rings. The summed E-state index contributed by atoms with van der Waals surface area (Å²) in [6.45, 7) is 2.25. The van der Waals surface area contributed by atoms with Crippen LogP contribution in [0.25, 0.3) is 12.2 Å². The first-order valence-corrected chi connectivity index (χ1v) is 11.0. The van der Waals surface area contributed by atoms with Gasteiger partial charge >= 0.3 is 5.97 Å². The summed E-state index contributed by atoms with van der Waals surface area (Å²) in [5, 5.41) is 0. The van der Waals surface area contributed by atoms with E-state index in [0.717, 1.165) is 17.5 Å². The molecule has 0 aliphatic heterocycles. The molecule has 0 unspecified atom stereocenters. The zero-order valence-electron chi connectivity index (χ0n) is 18.4. The Morgan fingerprint density at radius 3 is 1.97 bits per heavy atom. The summed E-state index contributed by atoms with van der Waals surface area (Å²) in [4.78, 5) is 12.1. The zero-order chi connectivity index (χ0) is 23.0. The van der Waals surface area contributed by atoms with Gasteiger partial charge in [-0.1, -0.05) is 85.8 Å². The molecule has 0 spiro atoms. The molecule has 0 saturated heterocycles. The van der Waals surface area contributed by atoms with Gasteiger partial charge in [-0.3, -0.25) is 0 Å². The molecule has 0 amide bonds. The minimum atomic E-state index is -0.514. The molecule has 0 bridgehead atoms. The molecule has 0 aliphatic carbocycles. The number of benzene rings is 4. The van der Waals surface area contributed by atoms with E-state index in [1.165, 1.54) is 35.4 Å². The van der Waals surface area contributed by atoms with Crippen LogP contribution in [0.2, 0.25) is 0 Å². The van der Waals surface area contributed by atoms with Gasteiger partial charge in [0.2, 0.25) is 0 Å². The van der Waals surface area contributed by atoms with Crippen molar-refractivity contribution in [3.8, 4) is 5.75 Å². The monoisotopic (exact) mass is 436 g/mol. The van der Waals surface area contributed by atoms with E-state index in [2.05, 4.69) is 61.5 Å². The van der Waals surface area contributed by atoms with Crippen molar-refractivity contribution in [3.05, 3.63) is 137 Å². The Morgan fingerprint density at radius 2 is 1.36 bits per heavy atom. The number of hydrogen-bond acceptors (Lipinski definition) is 2. The molecule has 164 valence electrons. The van der Waals surface area contributed by atoms with E-state index < -0.39 is 5.97 Å². The Hall–Kier alpha value is -3.98. The van der Waals surface area contributed by atoms with Gasteiger partial charge in [0, 0.05) is 0 Å². The van der Waals surface area contributed by atoms with Crippen molar-refractivity contribution in [1.82, 2.24) is 0 Å². The van der Waals surface area contributed by atoms with Gasteiger partial charge in [0.15, 0.2) is 0 Å². The van der Waals surface area contributed by atoms with Crippen molar-refractivity contribution < 1.29 is 13.9 Å². The highest BCUT2D eigenvalue weighted by Crippen LogP contribution is 2.21. The molecule has 0 heterocycles. The maximum absolute atomic E-state index is 13.0. The molecule has 0 saturated carbocycles. The average molecular weight is 437 g/mol. The van der Waals surface area contributed by atoms with Gasteiger partial charge in [0.25, 0.3) is 0 Å². The zero-order valence-corrected chi connectivity index (χ0v) is 18.4. The van der Waals surface area contributed by atoms with Gasteiger partial charge in [0.1, 0.15) is 11.6 Å². The second kappa shape index (κ2) is 10.6. The minimum Gasteiger partial charge on any atom is -0.423 e. The Bertz CT molecular complexity index is 1210. The molecular formula is C30H25FO2. The smallest absolute Gasteiger partial charge is 0.343 e. The Morgan fingerprint density at radius 1 is 0.788 bits per heavy atom. The topological polar surface area (TPSA) is 26.3 Å². The molecule has 1 atom stereocenters. The molecular weight excluding hydrogens is 411 g/mol. The fourth-order valence-corrected chi connectivity index (χ4v) is 3.61. The van der Waals surface area contributed by atoms with Crippen molar-refractivity contribution in [2.75, 3.05) is 0 Å². The highest BCUT2D eigenvalue weighted by atomic mass is 19.1. The van der Waals surface area contributed by atoms with Crippen LogP contribution in [0.1, 0.15) is 45.5 Å². The van der Waals surface area contributed by atoms with Crippen LogP contribution in [-0.4, -0.2) is 5.97 Å². The quantitative estimate of drug-likeness (QED) is 0.170. The predicted octanol–water partition coefficient (Wildman–Crippen LogP) is 7.56. The highest BCUT2D eigenvalue weighted by Gasteiger charge is 2.08. The van der Waals surface area contributed by atoms with Crippen LogP contribution < -0.4 is 4.74 Å². The third-order valence-corrected chi connectivity index (χ3v) is 5.53. The first kappa shape index (κ1) is 22.2. The van der Waals surface area contributed by atoms with Crippen LogP contribution in [0.4, 0.5) is 4.39 Å². The largest absolute Gasteiger partial charge is 0.423 e. The lowest BCUT2D eigenvalue weighted by molar-refractivity contribution is 0.0734. The van der Waals surface area contributed by atoms with Crippen LogP contribution in [0.3, 0.4) is 0 Å². The van der Waals surface area contributed by atoms with Crippen molar-refractivity contribution in [2.24, 2.45) is 0 Å². The molecule has 0 aromatic heterocycles. The first-order chi connectivity index (χ1) is 16.1. The Labute approximate surface area is 194 Å². The lowest BCUT2D eigenvalue weighted by atomic mass is 9.93. The van der Waals surface area contributed by atoms with Gasteiger partial charge < -0.3 is 4.74 Å². The summed E-state index contributed by atoms with van der Waals surface area (Å²) < 4.78 is 18.3. The van der Waals surface area contributed by atoms with Crippen LogP contribution in [0, 0.1) is 5.82 Å². The molecule has 33 heavy (non-hydrogen) atoms. The lowest BCUT2D eigenvalue weighted by Gasteiger charge is -2.12. The second-order valence-corrected chi connectivity index (χ2v) is 8.06. The maximum atomic E-state index is 13.0. The molecule has 3 heteroatoms. The number of ether oxygens (including phenoxy) is 1. The van der Waals surface area contributed by atoms with Crippen molar-refractivity contribution in [3.63, 3.8) is 0 Å². The Balaban J connectivity index is 1.33. The van der Waals surface area contributed by atoms with Crippen LogP contribution in [0.5, 0.6) is 5.75 Å². The van der Waals surface area contributed by atoms with E-state index >= 15 is 0 Å². The fraction of sp³-hybridized carbons (Fsp3) is 0.100. The molecule has 0 N–H and O–H groups in total. The number of hydrogen-bond donors (Lipinski definition) is 0. The minimum absolute atomic E-state index is 0.307. The van der Waals surface area contributed by atoms with E-state index in [1.807, 2.05) is 24.3 Å². The number of halogens is 1. The normalized spacial score (nSPS) is 11.9. The summed E-state index contributed by atoms with van der Waals surface area (Å²) in [6.07, 6.45) is 5.09. The molecule has 0 fully saturated rings. The SMILES string of the molecule is C[C@H](Cc1ccc(C=Cc2ccc(OC(=O)c3ccc(F)cc3)cc2)cc1)c1ccccc1. The predicted molar refractivity (Wildman–Crippen MR) is 132 cm³/mol. The van der Waals surface area contributed by atoms with Crippen LogP contribution in [-0.2, 0) is 6.42 Å². The van der Waals surface area contributed by atoms with Crippen molar-refractivity contribution in [2.45, 2.75) is 19.3 Å². The van der Waals surface area contributed by atoms with Crippen molar-refractivity contribution >= 4 is 18.1 Å².